The van der Waals surface area contributed by atoms with Crippen molar-refractivity contribution in [2.75, 3.05) is 6.61 Å². The number of esters is 1. The van der Waals surface area contributed by atoms with Crippen molar-refractivity contribution in [2.45, 2.75) is 32.9 Å². The van der Waals surface area contributed by atoms with Crippen LogP contribution in [-0.2, 0) is 9.53 Å². The minimum absolute atomic E-state index is 0.0535. The van der Waals surface area contributed by atoms with Crippen LogP contribution in [0.4, 0.5) is 4.79 Å². The molecule has 2 amide bonds. The summed E-state index contributed by atoms with van der Waals surface area (Å²) in [5.41, 5.74) is 2.20. The third kappa shape index (κ3) is 4.17. The number of amides is 2. The quantitative estimate of drug-likeness (QED) is 0.748. The van der Waals surface area contributed by atoms with Gasteiger partial charge in [-0.15, -0.1) is 0 Å². The highest BCUT2D eigenvalue weighted by molar-refractivity contribution is 6.04. The number of carbonyl (C=O) groups is 2. The molecule has 0 saturated carbocycles. The highest BCUT2D eigenvalue weighted by Crippen LogP contribution is 2.36. The third-order valence-electron chi connectivity index (χ3n) is 4.22. The molecule has 0 aliphatic carbocycles. The summed E-state index contributed by atoms with van der Waals surface area (Å²) in [5.74, 6) is 0.122. The Hall–Kier alpha value is -3.28. The van der Waals surface area contributed by atoms with Crippen LogP contribution < -0.4 is 15.4 Å². The van der Waals surface area contributed by atoms with E-state index in [-0.39, 0.29) is 12.7 Å². The predicted molar refractivity (Wildman–Crippen MR) is 107 cm³/mol. The lowest BCUT2D eigenvalue weighted by atomic mass is 9.92. The SMILES string of the molecule is CCOC(=O)C1=C(c2ccccc2)NC(=O)NC1c1ccccc1OC(C)C. The number of nitrogens with one attached hydrogen (secondary N) is 2. The number of para-hydroxylation sites is 1. The molecule has 1 aliphatic rings. The molecule has 6 nitrogen and oxygen atoms in total. The number of rotatable bonds is 6. The molecule has 2 N–H and O–H groups in total. The van der Waals surface area contributed by atoms with Crippen molar-refractivity contribution in [1.29, 1.82) is 0 Å². The zero-order chi connectivity index (χ0) is 20.1. The lowest BCUT2D eigenvalue weighted by Crippen LogP contribution is -2.45. The van der Waals surface area contributed by atoms with Gasteiger partial charge in [0.25, 0.3) is 0 Å². The highest BCUT2D eigenvalue weighted by Gasteiger charge is 2.35. The van der Waals surface area contributed by atoms with Gasteiger partial charge in [-0.1, -0.05) is 48.5 Å². The van der Waals surface area contributed by atoms with Gasteiger partial charge in [0.15, 0.2) is 0 Å². The Kier molecular flexibility index (Phi) is 5.99. The molecule has 146 valence electrons. The van der Waals surface area contributed by atoms with Crippen LogP contribution in [0.15, 0.2) is 60.2 Å². The topological polar surface area (TPSA) is 76.7 Å². The predicted octanol–water partition coefficient (Wildman–Crippen LogP) is 3.80. The first-order valence-electron chi connectivity index (χ1n) is 9.31. The second kappa shape index (κ2) is 8.61. The second-order valence-corrected chi connectivity index (χ2v) is 6.61. The van der Waals surface area contributed by atoms with Gasteiger partial charge in [0.05, 0.1) is 30.0 Å². The van der Waals surface area contributed by atoms with Crippen LogP contribution in [0.5, 0.6) is 5.75 Å². The van der Waals surface area contributed by atoms with Crippen molar-refractivity contribution in [1.82, 2.24) is 10.6 Å². The molecule has 2 aromatic carbocycles. The Morgan fingerprint density at radius 2 is 1.75 bits per heavy atom. The Balaban J connectivity index is 2.18. The van der Waals surface area contributed by atoms with Crippen LogP contribution in [0.2, 0.25) is 0 Å². The van der Waals surface area contributed by atoms with Crippen LogP contribution in [0.3, 0.4) is 0 Å². The molecule has 3 rings (SSSR count). The number of benzene rings is 2. The molecule has 2 aromatic rings. The van der Waals surface area contributed by atoms with Gasteiger partial charge >= 0.3 is 12.0 Å². The van der Waals surface area contributed by atoms with Crippen LogP contribution >= 0.6 is 0 Å². The Morgan fingerprint density at radius 1 is 1.07 bits per heavy atom. The average Bonchev–Trinajstić information content (AvgIpc) is 2.68. The maximum Gasteiger partial charge on any atom is 0.338 e. The minimum Gasteiger partial charge on any atom is -0.491 e. The maximum atomic E-state index is 12.9. The van der Waals surface area contributed by atoms with Gasteiger partial charge in [0.2, 0.25) is 0 Å². The Labute approximate surface area is 164 Å². The molecule has 0 saturated heterocycles. The molecule has 0 spiro atoms. The molecular weight excluding hydrogens is 356 g/mol. The molecular formula is C22H24N2O4. The zero-order valence-corrected chi connectivity index (χ0v) is 16.2. The fraction of sp³-hybridized carbons (Fsp3) is 0.273. The Morgan fingerprint density at radius 3 is 2.43 bits per heavy atom. The van der Waals surface area contributed by atoms with Gasteiger partial charge in [-0.05, 0) is 32.4 Å². The van der Waals surface area contributed by atoms with Gasteiger partial charge in [-0.25, -0.2) is 9.59 Å². The molecule has 28 heavy (non-hydrogen) atoms. The van der Waals surface area contributed by atoms with Crippen LogP contribution in [-0.4, -0.2) is 24.7 Å². The molecule has 0 bridgehead atoms. The second-order valence-electron chi connectivity index (χ2n) is 6.61. The van der Waals surface area contributed by atoms with E-state index < -0.39 is 18.0 Å². The van der Waals surface area contributed by atoms with E-state index in [1.54, 1.807) is 6.92 Å². The molecule has 1 unspecified atom stereocenters. The van der Waals surface area contributed by atoms with E-state index in [1.165, 1.54) is 0 Å². The van der Waals surface area contributed by atoms with E-state index in [0.29, 0.717) is 22.6 Å². The molecule has 1 heterocycles. The van der Waals surface area contributed by atoms with Crippen LogP contribution in [0, 0.1) is 0 Å². The van der Waals surface area contributed by atoms with E-state index in [1.807, 2.05) is 68.4 Å². The molecule has 6 heteroatoms. The van der Waals surface area contributed by atoms with Gasteiger partial charge in [0, 0.05) is 5.56 Å². The standard InChI is InChI=1S/C22H24N2O4/c1-4-27-21(25)18-19(15-10-6-5-7-11-15)23-22(26)24-20(18)16-12-8-9-13-17(16)28-14(2)3/h5-14,20H,4H2,1-3H3,(H2,23,24,26). The van der Waals surface area contributed by atoms with E-state index in [0.717, 1.165) is 5.56 Å². The lowest BCUT2D eigenvalue weighted by Gasteiger charge is -2.30. The van der Waals surface area contributed by atoms with Crippen molar-refractivity contribution < 1.29 is 19.1 Å². The van der Waals surface area contributed by atoms with Gasteiger partial charge in [0.1, 0.15) is 5.75 Å². The first kappa shape index (κ1) is 19.5. The lowest BCUT2D eigenvalue weighted by molar-refractivity contribution is -0.138. The van der Waals surface area contributed by atoms with Crippen LogP contribution in [0.1, 0.15) is 37.9 Å². The third-order valence-corrected chi connectivity index (χ3v) is 4.22. The fourth-order valence-electron chi connectivity index (χ4n) is 3.14. The highest BCUT2D eigenvalue weighted by atomic mass is 16.5. The summed E-state index contributed by atoms with van der Waals surface area (Å²) in [4.78, 5) is 25.3. The molecule has 0 aromatic heterocycles. The molecule has 0 radical (unpaired) electrons. The van der Waals surface area contributed by atoms with E-state index in [9.17, 15) is 9.59 Å². The smallest absolute Gasteiger partial charge is 0.338 e. The van der Waals surface area contributed by atoms with Gasteiger partial charge in [-0.3, -0.25) is 0 Å². The van der Waals surface area contributed by atoms with Crippen molar-refractivity contribution in [3.63, 3.8) is 0 Å². The number of hydrogen-bond acceptors (Lipinski definition) is 4. The summed E-state index contributed by atoms with van der Waals surface area (Å²) in [5, 5.41) is 5.62. The van der Waals surface area contributed by atoms with Gasteiger partial charge < -0.3 is 20.1 Å². The average molecular weight is 380 g/mol. The first-order chi connectivity index (χ1) is 13.5. The minimum atomic E-state index is -0.696. The summed E-state index contributed by atoms with van der Waals surface area (Å²) in [6.45, 7) is 5.83. The summed E-state index contributed by atoms with van der Waals surface area (Å²) < 4.78 is 11.2. The van der Waals surface area contributed by atoms with Crippen molar-refractivity contribution in [3.8, 4) is 5.75 Å². The van der Waals surface area contributed by atoms with Crippen molar-refractivity contribution in [2.24, 2.45) is 0 Å². The number of urea groups is 1. The zero-order valence-electron chi connectivity index (χ0n) is 16.2. The summed E-state index contributed by atoms with van der Waals surface area (Å²) in [6, 6.07) is 15.5. The fourth-order valence-corrected chi connectivity index (χ4v) is 3.14. The van der Waals surface area contributed by atoms with Crippen molar-refractivity contribution in [3.05, 3.63) is 71.3 Å². The van der Waals surface area contributed by atoms with E-state index in [2.05, 4.69) is 10.6 Å². The summed E-state index contributed by atoms with van der Waals surface area (Å²) >= 11 is 0. The largest absolute Gasteiger partial charge is 0.491 e. The van der Waals surface area contributed by atoms with Crippen LogP contribution in [0.25, 0.3) is 5.70 Å². The number of carbonyl (C=O) groups excluding carboxylic acids is 2. The molecule has 1 aliphatic heterocycles. The summed E-state index contributed by atoms with van der Waals surface area (Å²) in [7, 11) is 0. The van der Waals surface area contributed by atoms with E-state index >= 15 is 0 Å². The number of ether oxygens (including phenoxy) is 2. The maximum absolute atomic E-state index is 12.9. The Bertz CT molecular complexity index is 890. The van der Waals surface area contributed by atoms with Crippen molar-refractivity contribution >= 4 is 17.7 Å². The molecule has 1 atom stereocenters. The molecule has 0 fully saturated rings. The first-order valence-corrected chi connectivity index (χ1v) is 9.31. The monoisotopic (exact) mass is 380 g/mol. The summed E-state index contributed by atoms with van der Waals surface area (Å²) in [6.07, 6.45) is -0.0535. The van der Waals surface area contributed by atoms with E-state index in [4.69, 9.17) is 9.47 Å². The normalized spacial score (nSPS) is 16.4. The van der Waals surface area contributed by atoms with Gasteiger partial charge in [-0.2, -0.15) is 0 Å². The number of hydrogen-bond donors (Lipinski definition) is 2.